The van der Waals surface area contributed by atoms with Gasteiger partial charge in [0, 0.05) is 13.1 Å². The molecule has 0 saturated heterocycles. The molecular formula is C10H14N2O2. The maximum Gasteiger partial charge on any atom is 0.255 e. The monoisotopic (exact) mass is 194 g/mol. The summed E-state index contributed by atoms with van der Waals surface area (Å²) >= 11 is 0. The molecule has 4 heteroatoms. The number of furan rings is 1. The molecule has 0 aliphatic heterocycles. The second-order valence-corrected chi connectivity index (χ2v) is 2.81. The fourth-order valence-electron chi connectivity index (χ4n) is 1.05. The molecule has 0 unspecified atom stereocenters. The summed E-state index contributed by atoms with van der Waals surface area (Å²) in [6.45, 7) is 2.73. The third kappa shape index (κ3) is 2.74. The molecule has 4 nitrogen and oxygen atoms in total. The number of carbonyl (C=O) groups excluding carboxylic acids is 1. The third-order valence-electron chi connectivity index (χ3n) is 1.79. The maximum atomic E-state index is 11.5. The van der Waals surface area contributed by atoms with E-state index in [4.69, 9.17) is 10.2 Å². The molecule has 0 aliphatic carbocycles. The van der Waals surface area contributed by atoms with Crippen molar-refractivity contribution in [3.05, 3.63) is 35.8 Å². The summed E-state index contributed by atoms with van der Waals surface area (Å²) in [4.78, 5) is 11.5. The summed E-state index contributed by atoms with van der Waals surface area (Å²) in [5, 5.41) is 2.72. The van der Waals surface area contributed by atoms with E-state index in [1.54, 1.807) is 19.1 Å². The van der Waals surface area contributed by atoms with Crippen LogP contribution in [0.4, 0.5) is 0 Å². The van der Waals surface area contributed by atoms with E-state index in [2.05, 4.69) is 5.32 Å². The molecular weight excluding hydrogens is 180 g/mol. The summed E-state index contributed by atoms with van der Waals surface area (Å²) in [5.74, 6) is 0.503. The quantitative estimate of drug-likeness (QED) is 0.698. The SMILES string of the molecule is Cc1occc1C(=O)NC/C=C/CN. The summed E-state index contributed by atoms with van der Waals surface area (Å²) in [6.07, 6.45) is 5.11. The molecule has 0 aliphatic rings. The van der Waals surface area contributed by atoms with Crippen molar-refractivity contribution in [2.45, 2.75) is 6.92 Å². The smallest absolute Gasteiger partial charge is 0.255 e. The molecule has 0 atom stereocenters. The minimum absolute atomic E-state index is 0.127. The molecule has 1 aromatic rings. The van der Waals surface area contributed by atoms with E-state index in [0.717, 1.165) is 0 Å². The molecule has 76 valence electrons. The Morgan fingerprint density at radius 3 is 3.00 bits per heavy atom. The summed E-state index contributed by atoms with van der Waals surface area (Å²) in [6, 6.07) is 1.65. The lowest BCUT2D eigenvalue weighted by Gasteiger charge is -1.99. The van der Waals surface area contributed by atoms with Crippen LogP contribution in [0.5, 0.6) is 0 Å². The van der Waals surface area contributed by atoms with E-state index in [1.165, 1.54) is 6.26 Å². The van der Waals surface area contributed by atoms with Crippen LogP contribution in [0.25, 0.3) is 0 Å². The Morgan fingerprint density at radius 2 is 2.43 bits per heavy atom. The van der Waals surface area contributed by atoms with Crippen molar-refractivity contribution < 1.29 is 9.21 Å². The molecule has 1 aromatic heterocycles. The van der Waals surface area contributed by atoms with Crippen molar-refractivity contribution in [3.8, 4) is 0 Å². The van der Waals surface area contributed by atoms with Gasteiger partial charge in [-0.05, 0) is 13.0 Å². The van der Waals surface area contributed by atoms with Gasteiger partial charge in [0.15, 0.2) is 0 Å². The minimum atomic E-state index is -0.127. The molecule has 1 amide bonds. The lowest BCUT2D eigenvalue weighted by molar-refractivity contribution is 0.0956. The van der Waals surface area contributed by atoms with Crippen molar-refractivity contribution >= 4 is 5.91 Å². The highest BCUT2D eigenvalue weighted by molar-refractivity contribution is 5.95. The van der Waals surface area contributed by atoms with Crippen LogP contribution in [0.1, 0.15) is 16.1 Å². The van der Waals surface area contributed by atoms with Gasteiger partial charge in [0.2, 0.25) is 0 Å². The average Bonchev–Trinajstić information content (AvgIpc) is 2.59. The first-order chi connectivity index (χ1) is 6.75. The highest BCUT2D eigenvalue weighted by atomic mass is 16.3. The zero-order valence-electron chi connectivity index (χ0n) is 8.12. The number of rotatable bonds is 4. The molecule has 3 N–H and O–H groups in total. The number of hydrogen-bond donors (Lipinski definition) is 2. The zero-order valence-corrected chi connectivity index (χ0v) is 8.12. The Morgan fingerprint density at radius 1 is 1.64 bits per heavy atom. The molecule has 0 bridgehead atoms. The largest absolute Gasteiger partial charge is 0.469 e. The van der Waals surface area contributed by atoms with E-state index in [0.29, 0.717) is 24.4 Å². The number of nitrogens with one attached hydrogen (secondary N) is 1. The maximum absolute atomic E-state index is 11.5. The highest BCUT2D eigenvalue weighted by Gasteiger charge is 2.09. The molecule has 0 aromatic carbocycles. The lowest BCUT2D eigenvalue weighted by Crippen LogP contribution is -2.23. The number of amides is 1. The van der Waals surface area contributed by atoms with Gasteiger partial charge in [-0.1, -0.05) is 12.2 Å². The van der Waals surface area contributed by atoms with E-state index >= 15 is 0 Å². The van der Waals surface area contributed by atoms with Crippen LogP contribution < -0.4 is 11.1 Å². The van der Waals surface area contributed by atoms with Gasteiger partial charge >= 0.3 is 0 Å². The molecule has 0 radical (unpaired) electrons. The summed E-state index contributed by atoms with van der Waals surface area (Å²) < 4.78 is 5.01. The molecule has 0 spiro atoms. The minimum Gasteiger partial charge on any atom is -0.469 e. The second kappa shape index (κ2) is 5.24. The van der Waals surface area contributed by atoms with Crippen LogP contribution in [-0.2, 0) is 0 Å². The van der Waals surface area contributed by atoms with Gasteiger partial charge in [-0.2, -0.15) is 0 Å². The van der Waals surface area contributed by atoms with Gasteiger partial charge in [-0.25, -0.2) is 0 Å². The molecule has 14 heavy (non-hydrogen) atoms. The van der Waals surface area contributed by atoms with Crippen molar-refractivity contribution in [2.24, 2.45) is 5.73 Å². The van der Waals surface area contributed by atoms with Gasteiger partial charge in [0.05, 0.1) is 11.8 Å². The predicted octanol–water partition coefficient (Wildman–Crippen LogP) is 0.833. The molecule has 0 fully saturated rings. The Bertz CT molecular complexity index is 329. The Hall–Kier alpha value is -1.55. The number of aryl methyl sites for hydroxylation is 1. The fraction of sp³-hybridized carbons (Fsp3) is 0.300. The predicted molar refractivity (Wildman–Crippen MR) is 54.0 cm³/mol. The molecule has 1 rings (SSSR count). The summed E-state index contributed by atoms with van der Waals surface area (Å²) in [5.41, 5.74) is 5.82. The van der Waals surface area contributed by atoms with Gasteiger partial charge in [0.25, 0.3) is 5.91 Å². The lowest BCUT2D eigenvalue weighted by atomic mass is 10.2. The number of nitrogens with two attached hydrogens (primary N) is 1. The van der Waals surface area contributed by atoms with Gasteiger partial charge < -0.3 is 15.5 Å². The average molecular weight is 194 g/mol. The van der Waals surface area contributed by atoms with Gasteiger partial charge in [0.1, 0.15) is 5.76 Å². The first-order valence-electron chi connectivity index (χ1n) is 4.43. The molecule has 1 heterocycles. The van der Waals surface area contributed by atoms with Gasteiger partial charge in [-0.15, -0.1) is 0 Å². The summed E-state index contributed by atoms with van der Waals surface area (Å²) in [7, 11) is 0. The van der Waals surface area contributed by atoms with E-state index in [9.17, 15) is 4.79 Å². The van der Waals surface area contributed by atoms with E-state index in [-0.39, 0.29) is 5.91 Å². The van der Waals surface area contributed by atoms with Gasteiger partial charge in [-0.3, -0.25) is 4.79 Å². The van der Waals surface area contributed by atoms with Crippen LogP contribution in [-0.4, -0.2) is 19.0 Å². The van der Waals surface area contributed by atoms with Crippen molar-refractivity contribution in [3.63, 3.8) is 0 Å². The number of carbonyl (C=O) groups is 1. The van der Waals surface area contributed by atoms with Crippen LogP contribution in [0.15, 0.2) is 28.9 Å². The highest BCUT2D eigenvalue weighted by Crippen LogP contribution is 2.07. The van der Waals surface area contributed by atoms with E-state index < -0.39 is 0 Å². The number of hydrogen-bond acceptors (Lipinski definition) is 3. The second-order valence-electron chi connectivity index (χ2n) is 2.81. The van der Waals surface area contributed by atoms with Crippen molar-refractivity contribution in [2.75, 3.05) is 13.1 Å². The van der Waals surface area contributed by atoms with Crippen LogP contribution in [0, 0.1) is 6.92 Å². The Labute approximate surface area is 82.8 Å². The van der Waals surface area contributed by atoms with Crippen molar-refractivity contribution in [1.82, 2.24) is 5.32 Å². The van der Waals surface area contributed by atoms with Crippen LogP contribution in [0.2, 0.25) is 0 Å². The first kappa shape index (κ1) is 10.5. The van der Waals surface area contributed by atoms with Crippen LogP contribution in [0.3, 0.4) is 0 Å². The topological polar surface area (TPSA) is 68.3 Å². The van der Waals surface area contributed by atoms with E-state index in [1.807, 2.05) is 6.08 Å². The Balaban J connectivity index is 2.44. The van der Waals surface area contributed by atoms with Crippen molar-refractivity contribution in [1.29, 1.82) is 0 Å². The normalized spacial score (nSPS) is 10.7. The first-order valence-corrected chi connectivity index (χ1v) is 4.43. The standard InChI is InChI=1S/C10H14N2O2/c1-8-9(4-7-14-8)10(13)12-6-3-2-5-11/h2-4,7H,5-6,11H2,1H3,(H,12,13)/b3-2+. The fourth-order valence-corrected chi connectivity index (χ4v) is 1.05. The zero-order chi connectivity index (χ0) is 10.4. The third-order valence-corrected chi connectivity index (χ3v) is 1.79. The molecule has 0 saturated carbocycles. The Kier molecular flexibility index (Phi) is 3.94. The van der Waals surface area contributed by atoms with Crippen LogP contribution >= 0.6 is 0 Å².